The highest BCUT2D eigenvalue weighted by Gasteiger charge is 2.52. The second kappa shape index (κ2) is 6.06. The molecule has 1 unspecified atom stereocenters. The number of hydrogen-bond donors (Lipinski definition) is 2. The molecule has 0 saturated carbocycles. The normalized spacial score (nSPS) is 15.0. The number of imidazole rings is 1. The van der Waals surface area contributed by atoms with Gasteiger partial charge in [0.2, 0.25) is 0 Å². The van der Waals surface area contributed by atoms with Gasteiger partial charge in [0.25, 0.3) is 0 Å². The van der Waals surface area contributed by atoms with E-state index in [1.54, 1.807) is 0 Å². The molecule has 28 heavy (non-hydrogen) atoms. The molecule has 0 aliphatic carbocycles. The van der Waals surface area contributed by atoms with Crippen LogP contribution in [0.1, 0.15) is 18.2 Å². The third kappa shape index (κ3) is 3.13. The maximum Gasteiger partial charge on any atom is 0.434 e. The first kappa shape index (κ1) is 19.9. The highest BCUT2D eigenvalue weighted by atomic mass is 19.4. The number of alkyl halides is 6. The van der Waals surface area contributed by atoms with Crippen LogP contribution in [-0.2, 0) is 11.8 Å². The predicted octanol–water partition coefficient (Wildman–Crippen LogP) is 3.91. The van der Waals surface area contributed by atoms with E-state index in [-0.39, 0.29) is 16.9 Å². The summed E-state index contributed by atoms with van der Waals surface area (Å²) in [5.41, 5.74) is -0.870. The molecule has 1 aromatic carbocycles. The second-order valence-electron chi connectivity index (χ2n) is 6.11. The molecule has 0 spiro atoms. The zero-order valence-electron chi connectivity index (χ0n) is 13.9. The summed E-state index contributed by atoms with van der Waals surface area (Å²) in [6.07, 6.45) is -8.41. The summed E-state index contributed by atoms with van der Waals surface area (Å²) >= 11 is 0. The van der Waals surface area contributed by atoms with Crippen LogP contribution in [0.15, 0.2) is 30.6 Å². The van der Waals surface area contributed by atoms with E-state index in [1.165, 1.54) is 0 Å². The largest absolute Gasteiger partial charge is 0.434 e. The Morgan fingerprint density at radius 1 is 1.11 bits per heavy atom. The van der Waals surface area contributed by atoms with Crippen LogP contribution in [0.3, 0.4) is 0 Å². The number of hydrogen-bond acceptors (Lipinski definition) is 4. The van der Waals surface area contributed by atoms with E-state index < -0.39 is 40.8 Å². The molecule has 2 aromatic heterocycles. The van der Waals surface area contributed by atoms with E-state index >= 15 is 0 Å². The van der Waals surface area contributed by atoms with Crippen molar-refractivity contribution in [1.29, 1.82) is 0 Å². The van der Waals surface area contributed by atoms with E-state index in [9.17, 15) is 35.8 Å². The fourth-order valence-electron chi connectivity index (χ4n) is 2.57. The molecule has 0 saturated heterocycles. The van der Waals surface area contributed by atoms with Gasteiger partial charge in [-0.25, -0.2) is 14.4 Å². The number of nitrogen functional groups attached to an aromatic ring is 1. The molecule has 150 valence electrons. The molecule has 0 bridgehead atoms. The van der Waals surface area contributed by atoms with Crippen molar-refractivity contribution < 1.29 is 35.8 Å². The first-order valence-corrected chi connectivity index (χ1v) is 7.53. The van der Waals surface area contributed by atoms with Gasteiger partial charge >= 0.3 is 12.4 Å². The summed E-state index contributed by atoms with van der Waals surface area (Å²) in [4.78, 5) is 7.01. The minimum atomic E-state index is -5.19. The second-order valence-corrected chi connectivity index (χ2v) is 6.11. The van der Waals surface area contributed by atoms with Crippen LogP contribution in [0.25, 0.3) is 16.9 Å². The molecule has 0 amide bonds. The zero-order valence-corrected chi connectivity index (χ0v) is 13.9. The number of rotatable bonds is 2. The van der Waals surface area contributed by atoms with Crippen LogP contribution < -0.4 is 5.73 Å². The van der Waals surface area contributed by atoms with Crippen molar-refractivity contribution in [3.8, 4) is 11.3 Å². The fraction of sp³-hybridized carbons (Fsp3) is 0.250. The van der Waals surface area contributed by atoms with E-state index in [0.717, 1.165) is 16.7 Å². The Labute approximate surface area is 152 Å². The van der Waals surface area contributed by atoms with Gasteiger partial charge in [0.05, 0.1) is 11.9 Å². The van der Waals surface area contributed by atoms with Crippen molar-refractivity contribution in [1.82, 2.24) is 14.4 Å². The quantitative estimate of drug-likeness (QED) is 0.631. The average Bonchev–Trinajstić information content (AvgIpc) is 2.98. The number of aromatic nitrogens is 3. The number of nitrogens with zero attached hydrogens (tertiary/aromatic N) is 3. The van der Waals surface area contributed by atoms with Gasteiger partial charge in [-0.2, -0.15) is 26.3 Å². The number of benzene rings is 1. The predicted molar refractivity (Wildman–Crippen MR) is 83.4 cm³/mol. The molecule has 3 rings (SSSR count). The average molecular weight is 408 g/mol. The van der Waals surface area contributed by atoms with E-state index in [0.29, 0.717) is 25.3 Å². The number of anilines is 1. The molecular weight excluding hydrogens is 397 g/mol. The monoisotopic (exact) mass is 408 g/mol. The highest BCUT2D eigenvalue weighted by Crippen LogP contribution is 2.41. The standard InChI is InChI=1S/C16H11F7N4O/c1-14(28,16(21,22)23)8-4-7(2-3-9(8)17)10-5-25-13-12(24)26-11(6-27(10)13)15(18,19)20/h2-6,28H,1H3,(H2,24,26). The van der Waals surface area contributed by atoms with Crippen LogP contribution in [0.4, 0.5) is 36.6 Å². The van der Waals surface area contributed by atoms with Crippen molar-refractivity contribution >= 4 is 11.5 Å². The maximum atomic E-state index is 14.0. The molecule has 0 radical (unpaired) electrons. The number of nitrogens with two attached hydrogens (primary N) is 1. The summed E-state index contributed by atoms with van der Waals surface area (Å²) < 4.78 is 93.0. The van der Waals surface area contributed by atoms with Crippen LogP contribution in [-0.4, -0.2) is 25.7 Å². The Bertz CT molecular complexity index is 1050. The molecule has 2 heterocycles. The lowest BCUT2D eigenvalue weighted by molar-refractivity contribution is -0.259. The van der Waals surface area contributed by atoms with Crippen molar-refractivity contribution in [2.24, 2.45) is 0 Å². The Balaban J connectivity index is 2.24. The minimum Gasteiger partial charge on any atom is -0.381 e. The molecule has 3 aromatic rings. The zero-order chi connectivity index (χ0) is 21.1. The van der Waals surface area contributed by atoms with Gasteiger partial charge < -0.3 is 10.8 Å². The van der Waals surface area contributed by atoms with Gasteiger partial charge in [0.1, 0.15) is 5.82 Å². The number of fused-ring (bicyclic) bond motifs is 1. The van der Waals surface area contributed by atoms with Crippen molar-refractivity contribution in [3.05, 3.63) is 47.7 Å². The van der Waals surface area contributed by atoms with Gasteiger partial charge in [-0.1, -0.05) is 0 Å². The van der Waals surface area contributed by atoms with Crippen LogP contribution in [0, 0.1) is 5.82 Å². The lowest BCUT2D eigenvalue weighted by Crippen LogP contribution is -2.40. The lowest BCUT2D eigenvalue weighted by atomic mass is 9.92. The van der Waals surface area contributed by atoms with E-state index in [4.69, 9.17) is 5.73 Å². The fourth-order valence-corrected chi connectivity index (χ4v) is 2.57. The van der Waals surface area contributed by atoms with Gasteiger partial charge in [0, 0.05) is 17.3 Å². The first-order valence-electron chi connectivity index (χ1n) is 7.53. The molecule has 0 fully saturated rings. The Morgan fingerprint density at radius 2 is 1.75 bits per heavy atom. The molecule has 12 heteroatoms. The smallest absolute Gasteiger partial charge is 0.381 e. The maximum absolute atomic E-state index is 14.0. The van der Waals surface area contributed by atoms with Crippen molar-refractivity contribution in [2.75, 3.05) is 5.73 Å². The Hall–Kier alpha value is -2.89. The molecule has 3 N–H and O–H groups in total. The molecule has 0 aliphatic heterocycles. The van der Waals surface area contributed by atoms with Crippen LogP contribution in [0.2, 0.25) is 0 Å². The van der Waals surface area contributed by atoms with E-state index in [1.807, 2.05) is 0 Å². The summed E-state index contributed by atoms with van der Waals surface area (Å²) in [5.74, 6) is -1.89. The van der Waals surface area contributed by atoms with Gasteiger partial charge in [-0.05, 0) is 25.1 Å². The summed E-state index contributed by atoms with van der Waals surface area (Å²) in [6.45, 7) is 0.368. The van der Waals surface area contributed by atoms with Gasteiger partial charge in [0.15, 0.2) is 22.8 Å². The van der Waals surface area contributed by atoms with Crippen molar-refractivity contribution in [2.45, 2.75) is 24.9 Å². The Kier molecular flexibility index (Phi) is 4.30. The lowest BCUT2D eigenvalue weighted by Gasteiger charge is -2.27. The molecule has 0 aliphatic rings. The third-order valence-corrected chi connectivity index (χ3v) is 4.15. The number of aliphatic hydroxyl groups is 1. The topological polar surface area (TPSA) is 76.4 Å². The Morgan fingerprint density at radius 3 is 2.32 bits per heavy atom. The summed E-state index contributed by atoms with van der Waals surface area (Å²) in [6, 6.07) is 2.40. The summed E-state index contributed by atoms with van der Waals surface area (Å²) in [5, 5.41) is 9.77. The van der Waals surface area contributed by atoms with Crippen molar-refractivity contribution in [3.63, 3.8) is 0 Å². The minimum absolute atomic E-state index is 0.103. The van der Waals surface area contributed by atoms with Crippen LogP contribution in [0.5, 0.6) is 0 Å². The third-order valence-electron chi connectivity index (χ3n) is 4.15. The van der Waals surface area contributed by atoms with Gasteiger partial charge in [-0.3, -0.25) is 4.40 Å². The van der Waals surface area contributed by atoms with Gasteiger partial charge in [-0.15, -0.1) is 0 Å². The summed E-state index contributed by atoms with van der Waals surface area (Å²) in [7, 11) is 0. The van der Waals surface area contributed by atoms with E-state index in [2.05, 4.69) is 9.97 Å². The molecule has 5 nitrogen and oxygen atoms in total. The number of halogens is 7. The molecule has 1 atom stereocenters. The van der Waals surface area contributed by atoms with Crippen LogP contribution >= 0.6 is 0 Å². The highest BCUT2D eigenvalue weighted by molar-refractivity contribution is 5.70. The first-order chi connectivity index (χ1) is 12.7. The SMILES string of the molecule is CC(O)(c1cc(-c2cnc3c(N)nc(C(F)(F)F)cn23)ccc1F)C(F)(F)F. The molecular formula is C16H11F7N4O.